The van der Waals surface area contributed by atoms with Crippen molar-refractivity contribution >= 4 is 22.7 Å². The number of carboxylic acid groups (broad SMARTS) is 1. The molecule has 3 aromatic rings. The number of carbonyl (C=O) groups is 2. The van der Waals surface area contributed by atoms with Gasteiger partial charge in [-0.15, -0.1) is 0 Å². The van der Waals surface area contributed by atoms with Gasteiger partial charge < -0.3 is 10.1 Å². The van der Waals surface area contributed by atoms with E-state index in [0.717, 1.165) is 5.56 Å². The van der Waals surface area contributed by atoms with Gasteiger partial charge in [0.25, 0.3) is 0 Å². The summed E-state index contributed by atoms with van der Waals surface area (Å²) in [4.78, 5) is 27.5. The highest BCUT2D eigenvalue weighted by Crippen LogP contribution is 2.30. The molecule has 3 rings (SSSR count). The normalized spacial score (nSPS) is 12.9. The fourth-order valence-electron chi connectivity index (χ4n) is 3.20. The molecule has 0 amide bonds. The molecule has 0 aliphatic carbocycles. The minimum absolute atomic E-state index is 0.108. The number of carbonyl (C=O) groups excluding carboxylic acids is 1. The summed E-state index contributed by atoms with van der Waals surface area (Å²) >= 11 is 0. The van der Waals surface area contributed by atoms with Gasteiger partial charge in [-0.05, 0) is 40.8 Å². The third-order valence-electron chi connectivity index (χ3n) is 4.79. The Bertz CT molecular complexity index is 1010. The average molecular weight is 367 g/mol. The predicted molar refractivity (Wildman–Crippen MR) is 103 cm³/mol. The molecule has 0 spiro atoms. The fourth-order valence-corrected chi connectivity index (χ4v) is 3.20. The molecule has 4 nitrogen and oxygen atoms in total. The van der Waals surface area contributed by atoms with Gasteiger partial charge in [0.15, 0.2) is 5.78 Å². The largest absolute Gasteiger partial charge is 0.481 e. The molecular formula is C22H22FNO3. The highest BCUT2D eigenvalue weighted by molar-refractivity contribution is 6.00. The highest BCUT2D eigenvalue weighted by atomic mass is 19.1. The van der Waals surface area contributed by atoms with Crippen LogP contribution < -0.4 is 0 Å². The molecule has 140 valence electrons. The summed E-state index contributed by atoms with van der Waals surface area (Å²) in [6.45, 7) is 6.17. The first-order valence-corrected chi connectivity index (χ1v) is 8.80. The van der Waals surface area contributed by atoms with E-state index >= 15 is 0 Å². The number of aliphatic carboxylic acids is 1. The zero-order valence-electron chi connectivity index (χ0n) is 15.5. The van der Waals surface area contributed by atoms with E-state index in [-0.39, 0.29) is 17.6 Å². The Hall–Kier alpha value is -2.95. The van der Waals surface area contributed by atoms with Gasteiger partial charge in [0, 0.05) is 29.1 Å². The minimum atomic E-state index is -1.08. The van der Waals surface area contributed by atoms with Crippen molar-refractivity contribution in [3.05, 3.63) is 71.2 Å². The number of carboxylic acids is 1. The number of aromatic amines is 1. The molecule has 0 fully saturated rings. The summed E-state index contributed by atoms with van der Waals surface area (Å²) in [5, 5.41) is 10.3. The maximum Gasteiger partial charge on any atom is 0.311 e. The van der Waals surface area contributed by atoms with E-state index in [1.807, 2.05) is 18.2 Å². The molecule has 0 aliphatic heterocycles. The summed E-state index contributed by atoms with van der Waals surface area (Å²) < 4.78 is 13.4. The standard InChI is InChI=1S/C22H22FNO3/c1-22(2,3)14-6-4-5-13(9-14)20(25)11-17(21(26)27)18-12-24-19-10-15(23)7-8-16(18)19/h4-10,12,17,24H,11H2,1-3H3,(H,26,27). The van der Waals surface area contributed by atoms with Crippen molar-refractivity contribution in [2.45, 2.75) is 38.5 Å². The summed E-state index contributed by atoms with van der Waals surface area (Å²) in [7, 11) is 0. The van der Waals surface area contributed by atoms with Crippen LogP contribution in [0.1, 0.15) is 54.6 Å². The van der Waals surface area contributed by atoms with Gasteiger partial charge in [-0.2, -0.15) is 0 Å². The number of Topliss-reactive ketones (excluding diaryl/α,β-unsaturated/α-hetero) is 1. The van der Waals surface area contributed by atoms with E-state index < -0.39 is 17.7 Å². The maximum atomic E-state index is 13.4. The van der Waals surface area contributed by atoms with Crippen LogP contribution in [-0.2, 0) is 10.2 Å². The molecular weight excluding hydrogens is 345 g/mol. The quantitative estimate of drug-likeness (QED) is 0.620. The molecule has 2 N–H and O–H groups in total. The van der Waals surface area contributed by atoms with Crippen molar-refractivity contribution in [1.82, 2.24) is 4.98 Å². The van der Waals surface area contributed by atoms with Crippen LogP contribution >= 0.6 is 0 Å². The summed E-state index contributed by atoms with van der Waals surface area (Å²) in [6, 6.07) is 11.4. The van der Waals surface area contributed by atoms with E-state index in [4.69, 9.17) is 0 Å². The molecule has 0 aliphatic rings. The number of H-pyrrole nitrogens is 1. The van der Waals surface area contributed by atoms with Crippen LogP contribution in [0.5, 0.6) is 0 Å². The van der Waals surface area contributed by atoms with Gasteiger partial charge in [0.05, 0.1) is 5.92 Å². The highest BCUT2D eigenvalue weighted by Gasteiger charge is 2.27. The number of fused-ring (bicyclic) bond motifs is 1. The van der Waals surface area contributed by atoms with E-state index in [1.165, 1.54) is 18.2 Å². The Morgan fingerprint density at radius 1 is 1.15 bits per heavy atom. The second-order valence-corrected chi connectivity index (χ2v) is 7.78. The van der Waals surface area contributed by atoms with Crippen molar-refractivity contribution in [3.63, 3.8) is 0 Å². The second-order valence-electron chi connectivity index (χ2n) is 7.78. The number of rotatable bonds is 5. The Labute approximate surface area is 157 Å². The third kappa shape index (κ3) is 3.92. The summed E-state index contributed by atoms with van der Waals surface area (Å²) in [6.07, 6.45) is 1.38. The van der Waals surface area contributed by atoms with Crippen LogP contribution in [-0.4, -0.2) is 21.8 Å². The molecule has 0 bridgehead atoms. The predicted octanol–water partition coefficient (Wildman–Crippen LogP) is 5.05. The number of hydrogen-bond acceptors (Lipinski definition) is 2. The van der Waals surface area contributed by atoms with Crippen molar-refractivity contribution in [1.29, 1.82) is 0 Å². The first-order valence-electron chi connectivity index (χ1n) is 8.80. The lowest BCUT2D eigenvalue weighted by Crippen LogP contribution is -2.17. The molecule has 1 atom stereocenters. The third-order valence-corrected chi connectivity index (χ3v) is 4.79. The lowest BCUT2D eigenvalue weighted by molar-refractivity contribution is -0.138. The first-order chi connectivity index (χ1) is 12.7. The first kappa shape index (κ1) is 18.8. The Kier molecular flexibility index (Phi) is 4.87. The minimum Gasteiger partial charge on any atom is -0.481 e. The van der Waals surface area contributed by atoms with Crippen LogP contribution in [0.2, 0.25) is 0 Å². The molecule has 5 heteroatoms. The topological polar surface area (TPSA) is 70.2 Å². The monoisotopic (exact) mass is 367 g/mol. The lowest BCUT2D eigenvalue weighted by Gasteiger charge is -2.20. The zero-order chi connectivity index (χ0) is 19.8. The number of halogens is 1. The average Bonchev–Trinajstić information content (AvgIpc) is 3.01. The molecule has 0 radical (unpaired) electrons. The van der Waals surface area contributed by atoms with Crippen molar-refractivity contribution in [2.75, 3.05) is 0 Å². The number of nitrogens with one attached hydrogen (secondary N) is 1. The molecule has 2 aromatic carbocycles. The zero-order valence-corrected chi connectivity index (χ0v) is 15.5. The van der Waals surface area contributed by atoms with Crippen LogP contribution in [0.15, 0.2) is 48.7 Å². The number of benzene rings is 2. The Morgan fingerprint density at radius 2 is 1.89 bits per heavy atom. The van der Waals surface area contributed by atoms with Gasteiger partial charge in [0.1, 0.15) is 5.82 Å². The second kappa shape index (κ2) is 6.99. The van der Waals surface area contributed by atoms with E-state index in [0.29, 0.717) is 22.0 Å². The van der Waals surface area contributed by atoms with Crippen molar-refractivity contribution in [3.8, 4) is 0 Å². The molecule has 1 unspecified atom stereocenters. The SMILES string of the molecule is CC(C)(C)c1cccc(C(=O)CC(C(=O)O)c2c[nH]c3cc(F)ccc23)c1. The van der Waals surface area contributed by atoms with Crippen LogP contribution in [0, 0.1) is 5.82 Å². The van der Waals surface area contributed by atoms with Gasteiger partial charge in [-0.3, -0.25) is 9.59 Å². The fraction of sp³-hybridized carbons (Fsp3) is 0.273. The van der Waals surface area contributed by atoms with Crippen molar-refractivity contribution in [2.24, 2.45) is 0 Å². The number of aromatic nitrogens is 1. The Morgan fingerprint density at radius 3 is 2.56 bits per heavy atom. The summed E-state index contributed by atoms with van der Waals surface area (Å²) in [5.74, 6) is -2.72. The molecule has 1 heterocycles. The van der Waals surface area contributed by atoms with Gasteiger partial charge >= 0.3 is 5.97 Å². The molecule has 0 saturated carbocycles. The van der Waals surface area contributed by atoms with Crippen LogP contribution in [0.3, 0.4) is 0 Å². The van der Waals surface area contributed by atoms with Crippen LogP contribution in [0.4, 0.5) is 4.39 Å². The summed E-state index contributed by atoms with van der Waals surface area (Å²) in [5.41, 5.74) is 2.40. The maximum absolute atomic E-state index is 13.4. The van der Waals surface area contributed by atoms with E-state index in [9.17, 15) is 19.1 Å². The Balaban J connectivity index is 1.93. The lowest BCUT2D eigenvalue weighted by atomic mass is 9.84. The van der Waals surface area contributed by atoms with Gasteiger partial charge in [0.2, 0.25) is 0 Å². The molecule has 27 heavy (non-hydrogen) atoms. The van der Waals surface area contributed by atoms with Gasteiger partial charge in [-0.25, -0.2) is 4.39 Å². The van der Waals surface area contributed by atoms with Gasteiger partial charge in [-0.1, -0.05) is 39.0 Å². The van der Waals surface area contributed by atoms with E-state index in [1.54, 1.807) is 12.3 Å². The number of hydrogen-bond donors (Lipinski definition) is 2. The van der Waals surface area contributed by atoms with Crippen LogP contribution in [0.25, 0.3) is 10.9 Å². The molecule has 1 aromatic heterocycles. The van der Waals surface area contributed by atoms with Crippen molar-refractivity contribution < 1.29 is 19.1 Å². The number of ketones is 1. The smallest absolute Gasteiger partial charge is 0.311 e. The molecule has 0 saturated heterocycles. The van der Waals surface area contributed by atoms with E-state index in [2.05, 4.69) is 25.8 Å².